The van der Waals surface area contributed by atoms with Crippen LogP contribution < -0.4 is 0 Å². The molecule has 0 atom stereocenters. The van der Waals surface area contributed by atoms with Crippen molar-refractivity contribution in [2.24, 2.45) is 0 Å². The second-order valence-corrected chi connectivity index (χ2v) is 6.29. The van der Waals surface area contributed by atoms with E-state index in [9.17, 15) is 4.79 Å². The second kappa shape index (κ2) is 6.52. The van der Waals surface area contributed by atoms with Gasteiger partial charge < -0.3 is 14.2 Å². The fourth-order valence-corrected chi connectivity index (χ4v) is 2.68. The molecular formula is C18H12BrN3O3. The first-order valence-corrected chi connectivity index (χ1v) is 8.31. The fraction of sp³-hybridized carbons (Fsp3) is 0.0556. The van der Waals surface area contributed by atoms with Crippen LogP contribution in [0.4, 0.5) is 0 Å². The quantitative estimate of drug-likeness (QED) is 0.518. The molecule has 4 rings (SSSR count). The van der Waals surface area contributed by atoms with Crippen molar-refractivity contribution in [2.75, 3.05) is 0 Å². The van der Waals surface area contributed by atoms with Gasteiger partial charge in [0.15, 0.2) is 6.61 Å². The second-order valence-electron chi connectivity index (χ2n) is 5.37. The molecule has 2 aromatic heterocycles. The number of nitrogens with zero attached hydrogens (tertiary/aromatic N) is 2. The maximum Gasteiger partial charge on any atom is 0.338 e. The van der Waals surface area contributed by atoms with Crippen LogP contribution in [0.3, 0.4) is 0 Å². The van der Waals surface area contributed by atoms with Crippen molar-refractivity contribution >= 4 is 32.8 Å². The van der Waals surface area contributed by atoms with Gasteiger partial charge in [0.2, 0.25) is 5.82 Å². The molecule has 0 radical (unpaired) electrons. The molecule has 0 spiro atoms. The third-order valence-corrected chi connectivity index (χ3v) is 4.22. The number of hydrogen-bond acceptors (Lipinski definition) is 5. The minimum Gasteiger partial charge on any atom is -0.452 e. The Morgan fingerprint density at radius 2 is 2.00 bits per heavy atom. The van der Waals surface area contributed by atoms with Crippen LogP contribution in [-0.2, 0) is 11.3 Å². The van der Waals surface area contributed by atoms with Gasteiger partial charge in [0.1, 0.15) is 0 Å². The van der Waals surface area contributed by atoms with Gasteiger partial charge in [-0.25, -0.2) is 4.79 Å². The summed E-state index contributed by atoms with van der Waals surface area (Å²) in [6.45, 7) is -0.0782. The van der Waals surface area contributed by atoms with Gasteiger partial charge in [-0.1, -0.05) is 27.2 Å². The van der Waals surface area contributed by atoms with E-state index in [4.69, 9.17) is 9.26 Å². The van der Waals surface area contributed by atoms with Crippen molar-refractivity contribution in [1.29, 1.82) is 0 Å². The zero-order valence-electron chi connectivity index (χ0n) is 12.9. The van der Waals surface area contributed by atoms with Crippen LogP contribution >= 0.6 is 15.9 Å². The van der Waals surface area contributed by atoms with E-state index in [1.165, 1.54) is 0 Å². The Balaban J connectivity index is 1.44. The molecular weight excluding hydrogens is 386 g/mol. The number of aromatic amines is 1. The van der Waals surface area contributed by atoms with Crippen LogP contribution in [0.15, 0.2) is 63.7 Å². The Kier molecular flexibility index (Phi) is 4.07. The monoisotopic (exact) mass is 397 g/mol. The summed E-state index contributed by atoms with van der Waals surface area (Å²) >= 11 is 3.37. The number of carbonyl (C=O) groups excluding carboxylic acids is 1. The van der Waals surface area contributed by atoms with Gasteiger partial charge in [0.05, 0.1) is 5.56 Å². The minimum atomic E-state index is -0.445. The lowest BCUT2D eigenvalue weighted by atomic mass is 10.2. The summed E-state index contributed by atoms with van der Waals surface area (Å²) < 4.78 is 11.4. The lowest BCUT2D eigenvalue weighted by Crippen LogP contribution is -2.05. The standard InChI is InChI=1S/C18H12BrN3O3/c19-14-5-3-12(4-6-14)17-21-16(25-22-17)10-24-18(23)13-2-1-11-7-8-20-15(11)9-13/h1-9,20H,10H2. The van der Waals surface area contributed by atoms with Gasteiger partial charge >= 0.3 is 5.97 Å². The molecule has 0 aliphatic rings. The van der Waals surface area contributed by atoms with Crippen molar-refractivity contribution < 1.29 is 14.1 Å². The minimum absolute atomic E-state index is 0.0782. The summed E-state index contributed by atoms with van der Waals surface area (Å²) in [6.07, 6.45) is 1.82. The zero-order chi connectivity index (χ0) is 17.2. The number of fused-ring (bicyclic) bond motifs is 1. The Bertz CT molecular complexity index is 1040. The van der Waals surface area contributed by atoms with Crippen LogP contribution in [0.1, 0.15) is 16.2 Å². The molecule has 0 fully saturated rings. The first kappa shape index (κ1) is 15.6. The number of nitrogens with one attached hydrogen (secondary N) is 1. The highest BCUT2D eigenvalue weighted by Gasteiger charge is 2.13. The number of ether oxygens (including phenoxy) is 1. The SMILES string of the molecule is O=C(OCc1nc(-c2ccc(Br)cc2)no1)c1ccc2cc[nH]c2c1. The normalized spacial score (nSPS) is 10.9. The predicted molar refractivity (Wildman–Crippen MR) is 94.9 cm³/mol. The van der Waals surface area contributed by atoms with Crippen molar-refractivity contribution in [3.8, 4) is 11.4 Å². The average molecular weight is 398 g/mol. The Morgan fingerprint density at radius 1 is 1.16 bits per heavy atom. The van der Waals surface area contributed by atoms with Crippen LogP contribution in [0.2, 0.25) is 0 Å². The molecule has 2 aromatic carbocycles. The maximum atomic E-state index is 12.2. The van der Waals surface area contributed by atoms with Gasteiger partial charge in [-0.15, -0.1) is 0 Å². The molecule has 7 heteroatoms. The van der Waals surface area contributed by atoms with Gasteiger partial charge in [-0.2, -0.15) is 4.98 Å². The number of benzene rings is 2. The summed E-state index contributed by atoms with van der Waals surface area (Å²) in [4.78, 5) is 19.5. The summed E-state index contributed by atoms with van der Waals surface area (Å²) in [5, 5.41) is 4.94. The highest BCUT2D eigenvalue weighted by atomic mass is 79.9. The molecule has 0 aliphatic carbocycles. The van der Waals surface area contributed by atoms with E-state index in [1.54, 1.807) is 12.1 Å². The summed E-state index contributed by atoms with van der Waals surface area (Å²) in [6, 6.07) is 14.8. The molecule has 25 heavy (non-hydrogen) atoms. The maximum absolute atomic E-state index is 12.2. The van der Waals surface area contributed by atoms with Crippen LogP contribution in [-0.4, -0.2) is 21.1 Å². The number of halogens is 1. The molecule has 1 N–H and O–H groups in total. The van der Waals surface area contributed by atoms with Crippen molar-refractivity contribution in [3.63, 3.8) is 0 Å². The summed E-state index contributed by atoms with van der Waals surface area (Å²) in [5.74, 6) is 0.249. The molecule has 6 nitrogen and oxygen atoms in total. The van der Waals surface area contributed by atoms with Gasteiger partial charge in [0, 0.05) is 21.7 Å². The molecule has 0 aliphatic heterocycles. The van der Waals surface area contributed by atoms with Crippen molar-refractivity contribution in [2.45, 2.75) is 6.61 Å². The average Bonchev–Trinajstić information content (AvgIpc) is 3.29. The van der Waals surface area contributed by atoms with E-state index in [0.29, 0.717) is 11.4 Å². The molecule has 2 heterocycles. The Hall–Kier alpha value is -2.93. The fourth-order valence-electron chi connectivity index (χ4n) is 2.42. The van der Waals surface area contributed by atoms with E-state index in [2.05, 4.69) is 31.1 Å². The van der Waals surface area contributed by atoms with Gasteiger partial charge in [0.25, 0.3) is 5.89 Å². The van der Waals surface area contributed by atoms with Gasteiger partial charge in [-0.3, -0.25) is 0 Å². The van der Waals surface area contributed by atoms with E-state index in [-0.39, 0.29) is 12.5 Å². The van der Waals surface area contributed by atoms with E-state index in [1.807, 2.05) is 42.6 Å². The number of rotatable bonds is 4. The van der Waals surface area contributed by atoms with Crippen LogP contribution in [0.25, 0.3) is 22.3 Å². The predicted octanol–water partition coefficient (Wildman–Crippen LogP) is 4.34. The smallest absolute Gasteiger partial charge is 0.338 e. The largest absolute Gasteiger partial charge is 0.452 e. The van der Waals surface area contributed by atoms with E-state index < -0.39 is 5.97 Å². The first-order chi connectivity index (χ1) is 12.2. The topological polar surface area (TPSA) is 81.0 Å². The number of carbonyl (C=O) groups is 1. The number of H-pyrrole nitrogens is 1. The molecule has 0 unspecified atom stereocenters. The number of hydrogen-bond donors (Lipinski definition) is 1. The van der Waals surface area contributed by atoms with Crippen LogP contribution in [0, 0.1) is 0 Å². The third-order valence-electron chi connectivity index (χ3n) is 3.69. The van der Waals surface area contributed by atoms with E-state index in [0.717, 1.165) is 20.9 Å². The van der Waals surface area contributed by atoms with Crippen molar-refractivity contribution in [1.82, 2.24) is 15.1 Å². The first-order valence-electron chi connectivity index (χ1n) is 7.52. The van der Waals surface area contributed by atoms with Gasteiger partial charge in [-0.05, 0) is 47.9 Å². The molecule has 124 valence electrons. The lowest BCUT2D eigenvalue weighted by molar-refractivity contribution is 0.0430. The number of esters is 1. The summed E-state index contributed by atoms with van der Waals surface area (Å²) in [7, 11) is 0. The molecule has 0 saturated carbocycles. The molecule has 0 bridgehead atoms. The highest BCUT2D eigenvalue weighted by molar-refractivity contribution is 9.10. The third kappa shape index (κ3) is 3.32. The number of aromatic nitrogens is 3. The highest BCUT2D eigenvalue weighted by Crippen LogP contribution is 2.19. The van der Waals surface area contributed by atoms with E-state index >= 15 is 0 Å². The molecule has 0 amide bonds. The van der Waals surface area contributed by atoms with Crippen molar-refractivity contribution in [3.05, 3.63) is 70.7 Å². The lowest BCUT2D eigenvalue weighted by Gasteiger charge is -2.02. The summed E-state index contributed by atoms with van der Waals surface area (Å²) in [5.41, 5.74) is 2.16. The zero-order valence-corrected chi connectivity index (χ0v) is 14.5. The Morgan fingerprint density at radius 3 is 2.84 bits per heavy atom. The molecule has 4 aromatic rings. The molecule has 0 saturated heterocycles. The Labute approximate surface area is 150 Å². The van der Waals surface area contributed by atoms with Crippen LogP contribution in [0.5, 0.6) is 0 Å².